The Morgan fingerprint density at radius 3 is 2.60 bits per heavy atom. The van der Waals surface area contributed by atoms with Crippen LogP contribution in [0.25, 0.3) is 5.69 Å². The molecule has 25 heavy (non-hydrogen) atoms. The highest BCUT2D eigenvalue weighted by molar-refractivity contribution is 8.02. The predicted molar refractivity (Wildman–Crippen MR) is 105 cm³/mol. The summed E-state index contributed by atoms with van der Waals surface area (Å²) in [5, 5.41) is 16.3. The van der Waals surface area contributed by atoms with Crippen LogP contribution in [0.3, 0.4) is 0 Å². The number of nitrogens with one attached hydrogen (secondary N) is 1. The fourth-order valence-corrected chi connectivity index (χ4v) is 4.41. The first kappa shape index (κ1) is 19.6. The molecule has 0 bridgehead atoms. The Morgan fingerprint density at radius 1 is 1.40 bits per heavy atom. The van der Waals surface area contributed by atoms with Gasteiger partial charge in [-0.15, -0.1) is 5.10 Å². The third-order valence-electron chi connectivity index (χ3n) is 3.95. The number of nitriles is 1. The molecule has 0 radical (unpaired) electrons. The van der Waals surface area contributed by atoms with Crippen molar-refractivity contribution in [2.24, 2.45) is 5.92 Å². The second-order valence-electron chi connectivity index (χ2n) is 6.10. The highest BCUT2D eigenvalue weighted by Crippen LogP contribution is 2.28. The number of para-hydroxylation sites is 1. The molecule has 2 rings (SSSR count). The first-order valence-electron chi connectivity index (χ1n) is 7.82. The number of carbonyl (C=O) groups excluding carboxylic acids is 1. The van der Waals surface area contributed by atoms with Crippen LogP contribution in [0.4, 0.5) is 0 Å². The molecule has 0 aliphatic heterocycles. The molecule has 0 saturated carbocycles. The van der Waals surface area contributed by atoms with Crippen LogP contribution in [-0.4, -0.2) is 26.5 Å². The standard InChI is InChI=1S/C17H20N4OS3/c1-11(2)17(4,10-18)19-14(22)12(3)24-15-20-21(16(23)25-15)13-8-6-5-7-9-13/h5-9,11-12H,1-4H3,(H,19,22)/t12-,17-/m0/s1. The van der Waals surface area contributed by atoms with E-state index >= 15 is 0 Å². The number of thioether (sulfide) groups is 1. The number of hydrogen-bond donors (Lipinski definition) is 1. The van der Waals surface area contributed by atoms with Gasteiger partial charge in [-0.1, -0.05) is 55.1 Å². The van der Waals surface area contributed by atoms with E-state index < -0.39 is 5.54 Å². The first-order valence-corrected chi connectivity index (χ1v) is 9.93. The zero-order chi connectivity index (χ0) is 18.6. The van der Waals surface area contributed by atoms with Crippen LogP contribution in [0.2, 0.25) is 0 Å². The van der Waals surface area contributed by atoms with E-state index in [0.717, 1.165) is 10.0 Å². The largest absolute Gasteiger partial charge is 0.337 e. The molecule has 5 nitrogen and oxygen atoms in total. The molecular formula is C17H20N4OS3. The lowest BCUT2D eigenvalue weighted by molar-refractivity contribution is -0.121. The highest BCUT2D eigenvalue weighted by Gasteiger charge is 2.32. The summed E-state index contributed by atoms with van der Waals surface area (Å²) in [4.78, 5) is 12.4. The summed E-state index contributed by atoms with van der Waals surface area (Å²) in [6, 6.07) is 11.8. The molecule has 1 amide bonds. The lowest BCUT2D eigenvalue weighted by Crippen LogP contribution is -2.51. The summed E-state index contributed by atoms with van der Waals surface area (Å²) in [6.45, 7) is 7.36. The quantitative estimate of drug-likeness (QED) is 0.589. The van der Waals surface area contributed by atoms with Crippen molar-refractivity contribution >= 4 is 41.2 Å². The van der Waals surface area contributed by atoms with E-state index in [0.29, 0.717) is 3.95 Å². The molecule has 1 N–H and O–H groups in total. The Hall–Kier alpha value is -1.69. The van der Waals surface area contributed by atoms with E-state index in [9.17, 15) is 10.1 Å². The SMILES string of the molecule is CC(C)[C@](C)(C#N)NC(=O)[C@H](C)Sc1nn(-c2ccccc2)c(=S)s1. The van der Waals surface area contributed by atoms with Gasteiger partial charge in [-0.3, -0.25) is 4.79 Å². The number of carbonyl (C=O) groups is 1. The number of benzene rings is 1. The second-order valence-corrected chi connectivity index (χ2v) is 9.31. The third kappa shape index (κ3) is 4.69. The zero-order valence-electron chi connectivity index (χ0n) is 14.5. The van der Waals surface area contributed by atoms with Gasteiger partial charge in [0, 0.05) is 0 Å². The fourth-order valence-electron chi connectivity index (χ4n) is 1.90. The molecule has 0 aliphatic carbocycles. The van der Waals surface area contributed by atoms with Gasteiger partial charge in [-0.05, 0) is 44.1 Å². The van der Waals surface area contributed by atoms with Crippen LogP contribution in [-0.2, 0) is 4.79 Å². The lowest BCUT2D eigenvalue weighted by Gasteiger charge is -2.28. The van der Waals surface area contributed by atoms with Crippen molar-refractivity contribution in [2.75, 3.05) is 0 Å². The van der Waals surface area contributed by atoms with Crippen molar-refractivity contribution in [3.8, 4) is 11.8 Å². The Balaban J connectivity index is 2.11. The van der Waals surface area contributed by atoms with E-state index in [1.807, 2.05) is 44.2 Å². The molecule has 1 heterocycles. The van der Waals surface area contributed by atoms with Crippen LogP contribution < -0.4 is 5.32 Å². The molecule has 0 fully saturated rings. The Bertz CT molecular complexity index is 838. The van der Waals surface area contributed by atoms with Gasteiger partial charge in [0.1, 0.15) is 5.54 Å². The minimum atomic E-state index is -0.887. The smallest absolute Gasteiger partial charge is 0.234 e. The number of rotatable bonds is 6. The minimum Gasteiger partial charge on any atom is -0.337 e. The van der Waals surface area contributed by atoms with Gasteiger partial charge in [0.25, 0.3) is 0 Å². The van der Waals surface area contributed by atoms with Gasteiger partial charge in [-0.2, -0.15) is 5.26 Å². The van der Waals surface area contributed by atoms with Gasteiger partial charge >= 0.3 is 0 Å². The average Bonchev–Trinajstić information content (AvgIpc) is 2.95. The van der Waals surface area contributed by atoms with Crippen LogP contribution >= 0.6 is 35.3 Å². The molecular weight excluding hydrogens is 372 g/mol. The number of nitrogens with zero attached hydrogens (tertiary/aromatic N) is 3. The fraction of sp³-hybridized carbons (Fsp3) is 0.412. The molecule has 0 saturated heterocycles. The zero-order valence-corrected chi connectivity index (χ0v) is 17.0. The van der Waals surface area contributed by atoms with E-state index in [2.05, 4.69) is 16.5 Å². The van der Waals surface area contributed by atoms with Crippen LogP contribution in [0.15, 0.2) is 34.7 Å². The summed E-state index contributed by atoms with van der Waals surface area (Å²) in [5.41, 5.74) is 0.00612. The maximum absolute atomic E-state index is 12.4. The molecule has 0 aliphatic rings. The molecule has 1 aromatic carbocycles. The van der Waals surface area contributed by atoms with Crippen LogP contribution in [0.1, 0.15) is 27.7 Å². The number of amides is 1. The van der Waals surface area contributed by atoms with Gasteiger partial charge in [0.2, 0.25) is 5.91 Å². The first-order chi connectivity index (χ1) is 11.8. The van der Waals surface area contributed by atoms with Gasteiger partial charge in [-0.25, -0.2) is 4.68 Å². The topological polar surface area (TPSA) is 70.7 Å². The Kier molecular flexibility index (Phi) is 6.38. The monoisotopic (exact) mass is 392 g/mol. The molecule has 0 spiro atoms. The van der Waals surface area contributed by atoms with E-state index in [-0.39, 0.29) is 17.1 Å². The average molecular weight is 393 g/mol. The molecule has 2 atom stereocenters. The van der Waals surface area contributed by atoms with Crippen molar-refractivity contribution in [2.45, 2.75) is 42.8 Å². The molecule has 8 heteroatoms. The number of aromatic nitrogens is 2. The summed E-state index contributed by atoms with van der Waals surface area (Å²) in [7, 11) is 0. The summed E-state index contributed by atoms with van der Waals surface area (Å²) < 4.78 is 3.05. The molecule has 0 unspecified atom stereocenters. The van der Waals surface area contributed by atoms with Gasteiger partial charge < -0.3 is 5.32 Å². The van der Waals surface area contributed by atoms with Crippen molar-refractivity contribution in [1.29, 1.82) is 5.26 Å². The maximum Gasteiger partial charge on any atom is 0.234 e. The summed E-state index contributed by atoms with van der Waals surface area (Å²) >= 11 is 8.09. The van der Waals surface area contributed by atoms with Crippen LogP contribution in [0.5, 0.6) is 0 Å². The van der Waals surface area contributed by atoms with Crippen molar-refractivity contribution < 1.29 is 4.79 Å². The van der Waals surface area contributed by atoms with E-state index in [4.69, 9.17) is 12.2 Å². The normalized spacial score (nSPS) is 14.6. The van der Waals surface area contributed by atoms with Crippen LogP contribution in [0, 0.1) is 21.2 Å². The second kappa shape index (κ2) is 8.13. The van der Waals surface area contributed by atoms with Gasteiger partial charge in [0.05, 0.1) is 17.0 Å². The summed E-state index contributed by atoms with van der Waals surface area (Å²) in [5.74, 6) is -0.173. The van der Waals surface area contributed by atoms with Gasteiger partial charge in [0.15, 0.2) is 8.29 Å². The lowest BCUT2D eigenvalue weighted by atomic mass is 9.90. The van der Waals surface area contributed by atoms with Crippen molar-refractivity contribution in [3.05, 3.63) is 34.3 Å². The molecule has 132 valence electrons. The Labute approximate surface area is 161 Å². The maximum atomic E-state index is 12.4. The molecule has 1 aromatic heterocycles. The van der Waals surface area contributed by atoms with Crippen molar-refractivity contribution in [1.82, 2.24) is 15.1 Å². The third-order valence-corrected chi connectivity index (χ3v) is 6.36. The summed E-state index contributed by atoms with van der Waals surface area (Å²) in [6.07, 6.45) is 0. The van der Waals surface area contributed by atoms with E-state index in [1.165, 1.54) is 23.1 Å². The van der Waals surface area contributed by atoms with E-state index in [1.54, 1.807) is 18.5 Å². The van der Waals surface area contributed by atoms with Crippen molar-refractivity contribution in [3.63, 3.8) is 0 Å². The number of hydrogen-bond acceptors (Lipinski definition) is 6. The highest BCUT2D eigenvalue weighted by atomic mass is 32.2. The molecule has 2 aromatic rings. The Morgan fingerprint density at radius 2 is 2.04 bits per heavy atom. The predicted octanol–water partition coefficient (Wildman–Crippen LogP) is 4.20. The minimum absolute atomic E-state index is 0.0120.